The van der Waals surface area contributed by atoms with Gasteiger partial charge in [-0.05, 0) is 19.3 Å². The van der Waals surface area contributed by atoms with Crippen LogP contribution in [0.25, 0.3) is 0 Å². The van der Waals surface area contributed by atoms with Crippen molar-refractivity contribution in [1.82, 2.24) is 20.3 Å². The Morgan fingerprint density at radius 2 is 2.26 bits per heavy atom. The van der Waals surface area contributed by atoms with Gasteiger partial charge in [0.05, 0.1) is 12.2 Å². The molecule has 3 rings (SSSR count). The molecule has 0 saturated carbocycles. The lowest BCUT2D eigenvalue weighted by molar-refractivity contribution is 0.163. The summed E-state index contributed by atoms with van der Waals surface area (Å²) in [6, 6.07) is 1.69. The Bertz CT molecular complexity index is 656. The van der Waals surface area contributed by atoms with Crippen LogP contribution in [0.1, 0.15) is 57.4 Å². The molecule has 2 aromatic rings. The fourth-order valence-electron chi connectivity index (χ4n) is 2.83. The highest BCUT2D eigenvalue weighted by atomic mass is 16.5. The van der Waals surface area contributed by atoms with Crippen molar-refractivity contribution in [2.24, 2.45) is 0 Å². The summed E-state index contributed by atoms with van der Waals surface area (Å²) in [5.74, 6) is 1.20. The fourth-order valence-corrected chi connectivity index (χ4v) is 2.83. The summed E-state index contributed by atoms with van der Waals surface area (Å²) in [5.41, 5.74) is 0.899. The van der Waals surface area contributed by atoms with E-state index in [0.29, 0.717) is 5.82 Å². The van der Waals surface area contributed by atoms with Gasteiger partial charge >= 0.3 is 6.03 Å². The second-order valence-corrected chi connectivity index (χ2v) is 6.99. The van der Waals surface area contributed by atoms with Crippen molar-refractivity contribution in [3.8, 4) is 0 Å². The molecule has 0 aliphatic carbocycles. The summed E-state index contributed by atoms with van der Waals surface area (Å²) < 4.78 is 5.32. The summed E-state index contributed by atoms with van der Waals surface area (Å²) in [7, 11) is 0. The van der Waals surface area contributed by atoms with Crippen molar-refractivity contribution in [2.45, 2.75) is 51.5 Å². The molecular formula is C16H23N5O2. The van der Waals surface area contributed by atoms with E-state index in [9.17, 15) is 4.79 Å². The quantitative estimate of drug-likeness (QED) is 0.888. The zero-order chi connectivity index (χ0) is 16.4. The Morgan fingerprint density at radius 1 is 1.43 bits per heavy atom. The predicted octanol–water partition coefficient (Wildman–Crippen LogP) is 3.45. The number of rotatable bonds is 2. The smallest absolute Gasteiger partial charge is 0.323 e. The Kier molecular flexibility index (Phi) is 4.11. The van der Waals surface area contributed by atoms with E-state index in [1.165, 1.54) is 0 Å². The molecule has 23 heavy (non-hydrogen) atoms. The maximum absolute atomic E-state index is 12.6. The first-order valence-corrected chi connectivity index (χ1v) is 7.98. The fraction of sp³-hybridized carbons (Fsp3) is 0.562. The number of carbonyl (C=O) groups is 1. The SMILES string of the molecule is CC(C)(C)c1cc(NC(=O)N2CCCC[C@@H]2c2cn[nH]c2)no1. The second kappa shape index (κ2) is 6.06. The number of aromatic nitrogens is 3. The number of amides is 2. The van der Waals surface area contributed by atoms with E-state index in [2.05, 4.69) is 20.7 Å². The van der Waals surface area contributed by atoms with Crippen molar-refractivity contribution in [3.05, 3.63) is 29.8 Å². The molecule has 1 aliphatic heterocycles. The standard InChI is InChI=1S/C16H23N5O2/c1-16(2,3)13-8-14(20-23-13)19-15(22)21-7-5-4-6-12(21)11-9-17-18-10-11/h8-10,12H,4-7H2,1-3H3,(H,17,18)(H,19,20,22)/t12-/m1/s1. The zero-order valence-corrected chi connectivity index (χ0v) is 13.8. The number of nitrogens with one attached hydrogen (secondary N) is 2. The Balaban J connectivity index is 1.72. The normalized spacial score (nSPS) is 18.9. The van der Waals surface area contributed by atoms with E-state index in [4.69, 9.17) is 4.52 Å². The third kappa shape index (κ3) is 3.38. The van der Waals surface area contributed by atoms with Crippen molar-refractivity contribution >= 4 is 11.8 Å². The first-order valence-electron chi connectivity index (χ1n) is 7.98. The molecule has 3 heterocycles. The summed E-state index contributed by atoms with van der Waals surface area (Å²) in [6.45, 7) is 6.85. The van der Waals surface area contributed by atoms with Gasteiger partial charge in [-0.3, -0.25) is 10.4 Å². The van der Waals surface area contributed by atoms with Gasteiger partial charge in [0.15, 0.2) is 5.82 Å². The minimum absolute atomic E-state index is 0.0523. The highest BCUT2D eigenvalue weighted by Gasteiger charge is 2.29. The van der Waals surface area contributed by atoms with Crippen LogP contribution in [-0.4, -0.2) is 32.8 Å². The molecule has 7 heteroatoms. The average Bonchev–Trinajstić information content (AvgIpc) is 3.18. The largest absolute Gasteiger partial charge is 0.359 e. The van der Waals surface area contributed by atoms with Gasteiger partial charge in [-0.2, -0.15) is 5.10 Å². The number of piperidine rings is 1. The van der Waals surface area contributed by atoms with E-state index >= 15 is 0 Å². The number of anilines is 1. The number of nitrogens with zero attached hydrogens (tertiary/aromatic N) is 3. The van der Waals surface area contributed by atoms with E-state index in [1.54, 1.807) is 12.3 Å². The number of hydrogen-bond acceptors (Lipinski definition) is 4. The van der Waals surface area contributed by atoms with E-state index in [0.717, 1.165) is 37.1 Å². The van der Waals surface area contributed by atoms with Crippen molar-refractivity contribution in [1.29, 1.82) is 0 Å². The molecule has 0 radical (unpaired) electrons. The minimum atomic E-state index is -0.148. The van der Waals surface area contributed by atoms with Gasteiger partial charge in [0.1, 0.15) is 5.76 Å². The molecule has 1 atom stereocenters. The average molecular weight is 317 g/mol. The van der Waals surface area contributed by atoms with Crippen LogP contribution in [0.3, 0.4) is 0 Å². The molecule has 1 saturated heterocycles. The van der Waals surface area contributed by atoms with Crippen LogP contribution in [0.5, 0.6) is 0 Å². The first kappa shape index (κ1) is 15.6. The second-order valence-electron chi connectivity index (χ2n) is 6.99. The highest BCUT2D eigenvalue weighted by molar-refractivity contribution is 5.88. The first-order chi connectivity index (χ1) is 10.9. The Labute approximate surface area is 135 Å². The van der Waals surface area contributed by atoms with Gasteiger partial charge in [0.25, 0.3) is 0 Å². The van der Waals surface area contributed by atoms with Gasteiger partial charge in [0, 0.05) is 29.8 Å². The molecule has 1 aliphatic rings. The third-order valence-electron chi connectivity index (χ3n) is 4.15. The van der Waals surface area contributed by atoms with Crippen LogP contribution >= 0.6 is 0 Å². The minimum Gasteiger partial charge on any atom is -0.359 e. The summed E-state index contributed by atoms with van der Waals surface area (Å²) >= 11 is 0. The molecule has 124 valence electrons. The van der Waals surface area contributed by atoms with Crippen LogP contribution in [0.15, 0.2) is 23.0 Å². The molecule has 0 aromatic carbocycles. The Hall–Kier alpha value is -2.31. The zero-order valence-electron chi connectivity index (χ0n) is 13.8. The molecule has 0 spiro atoms. The molecule has 2 N–H and O–H groups in total. The molecular weight excluding hydrogens is 294 g/mol. The van der Waals surface area contributed by atoms with Crippen molar-refractivity contribution < 1.29 is 9.32 Å². The predicted molar refractivity (Wildman–Crippen MR) is 86.1 cm³/mol. The van der Waals surface area contributed by atoms with Gasteiger partial charge in [-0.25, -0.2) is 4.79 Å². The number of urea groups is 1. The molecule has 2 aromatic heterocycles. The molecule has 0 unspecified atom stereocenters. The van der Waals surface area contributed by atoms with Gasteiger partial charge in [0.2, 0.25) is 0 Å². The maximum Gasteiger partial charge on any atom is 0.323 e. The summed E-state index contributed by atoms with van der Waals surface area (Å²) in [6.07, 6.45) is 6.69. The lowest BCUT2D eigenvalue weighted by Crippen LogP contribution is -2.41. The molecule has 2 amide bonds. The highest BCUT2D eigenvalue weighted by Crippen LogP contribution is 2.31. The van der Waals surface area contributed by atoms with Gasteiger partial charge in [-0.1, -0.05) is 25.9 Å². The number of H-pyrrole nitrogens is 1. The van der Waals surface area contributed by atoms with E-state index in [-0.39, 0.29) is 17.5 Å². The van der Waals surface area contributed by atoms with E-state index in [1.807, 2.05) is 31.9 Å². The number of aromatic amines is 1. The topological polar surface area (TPSA) is 87.0 Å². The maximum atomic E-state index is 12.6. The van der Waals surface area contributed by atoms with Crippen LogP contribution in [0, 0.1) is 0 Å². The lowest BCUT2D eigenvalue weighted by Gasteiger charge is -2.34. The number of hydrogen-bond donors (Lipinski definition) is 2. The van der Waals surface area contributed by atoms with Crippen LogP contribution < -0.4 is 5.32 Å². The number of likely N-dealkylation sites (tertiary alicyclic amines) is 1. The monoisotopic (exact) mass is 317 g/mol. The molecule has 7 nitrogen and oxygen atoms in total. The lowest BCUT2D eigenvalue weighted by atomic mass is 9.93. The summed E-state index contributed by atoms with van der Waals surface area (Å²) in [4.78, 5) is 14.5. The third-order valence-corrected chi connectivity index (χ3v) is 4.15. The van der Waals surface area contributed by atoms with Crippen LogP contribution in [-0.2, 0) is 5.41 Å². The summed E-state index contributed by atoms with van der Waals surface area (Å²) in [5, 5.41) is 13.6. The van der Waals surface area contributed by atoms with Crippen LogP contribution in [0.2, 0.25) is 0 Å². The van der Waals surface area contributed by atoms with Gasteiger partial charge < -0.3 is 9.42 Å². The van der Waals surface area contributed by atoms with Crippen molar-refractivity contribution in [3.63, 3.8) is 0 Å². The number of carbonyl (C=O) groups excluding carboxylic acids is 1. The van der Waals surface area contributed by atoms with Gasteiger partial charge in [-0.15, -0.1) is 0 Å². The van der Waals surface area contributed by atoms with Crippen molar-refractivity contribution in [2.75, 3.05) is 11.9 Å². The molecule has 1 fully saturated rings. The Morgan fingerprint density at radius 3 is 2.91 bits per heavy atom. The van der Waals surface area contributed by atoms with Crippen LogP contribution in [0.4, 0.5) is 10.6 Å². The molecule has 0 bridgehead atoms. The van der Waals surface area contributed by atoms with E-state index < -0.39 is 0 Å².